The molecule has 2 aromatic heterocycles. The molecule has 2 N–H and O–H groups in total. The normalized spacial score (nSPS) is 18.0. The molecule has 1 aliphatic heterocycles. The zero-order valence-electron chi connectivity index (χ0n) is 14.5. The van der Waals surface area contributed by atoms with Gasteiger partial charge in [-0.2, -0.15) is 0 Å². The molecule has 25 heavy (non-hydrogen) atoms. The number of nitrogens with zero attached hydrogens (tertiary/aromatic N) is 4. The molecule has 0 radical (unpaired) electrons. The van der Waals surface area contributed by atoms with Crippen LogP contribution in [0.3, 0.4) is 0 Å². The number of aromatic nitrogens is 2. The third kappa shape index (κ3) is 4.31. The predicted octanol–water partition coefficient (Wildman–Crippen LogP) is 1.77. The fraction of sp³-hybridized carbons (Fsp3) is 0.471. The third-order valence-electron chi connectivity index (χ3n) is 4.31. The monoisotopic (exact) mass is 406 g/mol. The molecule has 7 nitrogen and oxygen atoms in total. The molecule has 1 fully saturated rings. The Morgan fingerprint density at radius 1 is 1.44 bits per heavy atom. The summed E-state index contributed by atoms with van der Waals surface area (Å²) in [5.74, 6) is 0.942. The zero-order chi connectivity index (χ0) is 17.8. The highest BCUT2D eigenvalue weighted by Crippen LogP contribution is 2.13. The van der Waals surface area contributed by atoms with Gasteiger partial charge in [-0.15, -0.1) is 0 Å². The van der Waals surface area contributed by atoms with Gasteiger partial charge in [-0.05, 0) is 34.5 Å². The number of aliphatic imine (C=N–C) groups is 1. The van der Waals surface area contributed by atoms with Gasteiger partial charge in [-0.1, -0.05) is 6.92 Å². The number of amides is 1. The Balaban J connectivity index is 1.55. The Kier molecular flexibility index (Phi) is 5.57. The minimum absolute atomic E-state index is 0.211. The lowest BCUT2D eigenvalue weighted by Gasteiger charge is -2.18. The summed E-state index contributed by atoms with van der Waals surface area (Å²) in [5, 5.41) is 6.68. The van der Waals surface area contributed by atoms with Crippen molar-refractivity contribution < 1.29 is 4.79 Å². The first-order chi connectivity index (χ1) is 12.1. The highest BCUT2D eigenvalue weighted by molar-refractivity contribution is 9.10. The Hall–Kier alpha value is -2.09. The number of hydrogen-bond donors (Lipinski definition) is 2. The Morgan fingerprint density at radius 3 is 3.04 bits per heavy atom. The molecule has 8 heteroatoms. The summed E-state index contributed by atoms with van der Waals surface area (Å²) >= 11 is 3.46. The van der Waals surface area contributed by atoms with E-state index in [2.05, 4.69) is 36.5 Å². The average molecular weight is 407 g/mol. The van der Waals surface area contributed by atoms with Gasteiger partial charge in [0.25, 0.3) is 0 Å². The van der Waals surface area contributed by atoms with Crippen LogP contribution >= 0.6 is 15.9 Å². The van der Waals surface area contributed by atoms with Gasteiger partial charge in [0.2, 0.25) is 5.91 Å². The van der Waals surface area contributed by atoms with Crippen LogP contribution in [0.25, 0.3) is 5.65 Å². The standard InChI is InChI=1S/C17H23BrN6O/c1-3-16(25)23-7-6-13(10-23)22-17(19-2)20-8-14-11-24-9-12(18)4-5-15(24)21-14/h4-5,9,11,13H,3,6-8,10H2,1-2H3,(H2,19,20,22). The van der Waals surface area contributed by atoms with Crippen molar-refractivity contribution in [3.05, 3.63) is 34.7 Å². The van der Waals surface area contributed by atoms with Gasteiger partial charge in [-0.3, -0.25) is 9.79 Å². The van der Waals surface area contributed by atoms with Crippen molar-refractivity contribution in [1.82, 2.24) is 24.9 Å². The van der Waals surface area contributed by atoms with E-state index in [4.69, 9.17) is 0 Å². The van der Waals surface area contributed by atoms with E-state index in [0.29, 0.717) is 13.0 Å². The maximum absolute atomic E-state index is 11.8. The van der Waals surface area contributed by atoms with Gasteiger partial charge in [0.15, 0.2) is 5.96 Å². The first-order valence-corrected chi connectivity index (χ1v) is 9.26. The number of nitrogens with one attached hydrogen (secondary N) is 2. The fourth-order valence-corrected chi connectivity index (χ4v) is 3.35. The number of hydrogen-bond acceptors (Lipinski definition) is 3. The average Bonchev–Trinajstić information content (AvgIpc) is 3.23. The molecule has 3 rings (SSSR count). The van der Waals surface area contributed by atoms with E-state index in [-0.39, 0.29) is 11.9 Å². The molecule has 2 aromatic rings. The second kappa shape index (κ2) is 7.86. The van der Waals surface area contributed by atoms with Gasteiger partial charge < -0.3 is 19.9 Å². The Bertz CT molecular complexity index is 787. The second-order valence-electron chi connectivity index (χ2n) is 6.09. The number of fused-ring (bicyclic) bond motifs is 1. The largest absolute Gasteiger partial charge is 0.352 e. The number of carbonyl (C=O) groups is 1. The molecule has 1 aliphatic rings. The quantitative estimate of drug-likeness (QED) is 0.599. The molecule has 1 atom stereocenters. The van der Waals surface area contributed by atoms with Crippen molar-refractivity contribution >= 4 is 33.4 Å². The Labute approximate surface area is 155 Å². The predicted molar refractivity (Wildman–Crippen MR) is 102 cm³/mol. The van der Waals surface area contributed by atoms with Crippen LogP contribution < -0.4 is 10.6 Å². The van der Waals surface area contributed by atoms with E-state index in [1.165, 1.54) is 0 Å². The van der Waals surface area contributed by atoms with E-state index < -0.39 is 0 Å². The molecule has 1 saturated heterocycles. The minimum Gasteiger partial charge on any atom is -0.352 e. The summed E-state index contributed by atoms with van der Waals surface area (Å²) in [6, 6.07) is 4.18. The van der Waals surface area contributed by atoms with Crippen molar-refractivity contribution in [2.45, 2.75) is 32.4 Å². The second-order valence-corrected chi connectivity index (χ2v) is 7.01. The summed E-state index contributed by atoms with van der Waals surface area (Å²) in [6.07, 6.45) is 5.48. The van der Waals surface area contributed by atoms with E-state index in [9.17, 15) is 4.79 Å². The lowest BCUT2D eigenvalue weighted by atomic mass is 10.3. The molecule has 0 spiro atoms. The van der Waals surface area contributed by atoms with Crippen molar-refractivity contribution in [2.75, 3.05) is 20.1 Å². The summed E-state index contributed by atoms with van der Waals surface area (Å²) in [6.45, 7) is 4.03. The van der Waals surface area contributed by atoms with E-state index >= 15 is 0 Å². The van der Waals surface area contributed by atoms with Crippen LogP contribution in [0.5, 0.6) is 0 Å². The molecule has 1 unspecified atom stereocenters. The highest BCUT2D eigenvalue weighted by Gasteiger charge is 2.25. The smallest absolute Gasteiger partial charge is 0.222 e. The van der Waals surface area contributed by atoms with E-state index in [1.54, 1.807) is 7.05 Å². The summed E-state index contributed by atoms with van der Waals surface area (Å²) in [5.41, 5.74) is 1.85. The van der Waals surface area contributed by atoms with E-state index in [1.807, 2.05) is 40.8 Å². The van der Waals surface area contributed by atoms with Gasteiger partial charge >= 0.3 is 0 Å². The lowest BCUT2D eigenvalue weighted by molar-refractivity contribution is -0.129. The highest BCUT2D eigenvalue weighted by atomic mass is 79.9. The van der Waals surface area contributed by atoms with Crippen molar-refractivity contribution in [3.8, 4) is 0 Å². The fourth-order valence-electron chi connectivity index (χ4n) is 2.99. The molecule has 0 bridgehead atoms. The van der Waals surface area contributed by atoms with Gasteiger partial charge in [0, 0.05) is 49.5 Å². The molecule has 1 amide bonds. The van der Waals surface area contributed by atoms with Crippen LogP contribution in [-0.2, 0) is 11.3 Å². The van der Waals surface area contributed by atoms with Crippen molar-refractivity contribution in [3.63, 3.8) is 0 Å². The van der Waals surface area contributed by atoms with Crippen LogP contribution in [0.1, 0.15) is 25.5 Å². The van der Waals surface area contributed by atoms with Gasteiger partial charge in [0.05, 0.1) is 12.2 Å². The number of carbonyl (C=O) groups excluding carboxylic acids is 1. The summed E-state index contributed by atoms with van der Waals surface area (Å²) < 4.78 is 3.00. The first-order valence-electron chi connectivity index (χ1n) is 8.47. The number of halogens is 1. The lowest BCUT2D eigenvalue weighted by Crippen LogP contribution is -2.44. The Morgan fingerprint density at radius 2 is 2.28 bits per heavy atom. The van der Waals surface area contributed by atoms with Crippen molar-refractivity contribution in [2.24, 2.45) is 4.99 Å². The third-order valence-corrected chi connectivity index (χ3v) is 4.78. The molecule has 134 valence electrons. The van der Waals surface area contributed by atoms with Gasteiger partial charge in [0.1, 0.15) is 5.65 Å². The topological polar surface area (TPSA) is 74.0 Å². The molecule has 0 saturated carbocycles. The van der Waals surface area contributed by atoms with Crippen LogP contribution in [-0.4, -0.2) is 52.3 Å². The maximum atomic E-state index is 11.8. The number of imidazole rings is 1. The molecule has 0 aliphatic carbocycles. The zero-order valence-corrected chi connectivity index (χ0v) is 16.1. The summed E-state index contributed by atoms with van der Waals surface area (Å²) in [7, 11) is 1.75. The van der Waals surface area contributed by atoms with E-state index in [0.717, 1.165) is 41.3 Å². The van der Waals surface area contributed by atoms with Crippen molar-refractivity contribution in [1.29, 1.82) is 0 Å². The SMILES string of the molecule is CCC(=O)N1CCC(NC(=NC)NCc2cn3cc(Br)ccc3n2)C1. The molecular weight excluding hydrogens is 384 g/mol. The maximum Gasteiger partial charge on any atom is 0.222 e. The first kappa shape index (κ1) is 17.7. The van der Waals surface area contributed by atoms with Crippen LogP contribution in [0.15, 0.2) is 34.0 Å². The number of likely N-dealkylation sites (tertiary alicyclic amines) is 1. The van der Waals surface area contributed by atoms with Crippen LogP contribution in [0.2, 0.25) is 0 Å². The minimum atomic E-state index is 0.211. The van der Waals surface area contributed by atoms with Gasteiger partial charge in [-0.25, -0.2) is 4.98 Å². The number of pyridine rings is 1. The molecular formula is C17H23BrN6O. The summed E-state index contributed by atoms with van der Waals surface area (Å²) in [4.78, 5) is 22.5. The number of rotatable bonds is 4. The van der Waals surface area contributed by atoms with Crippen LogP contribution in [0.4, 0.5) is 0 Å². The van der Waals surface area contributed by atoms with Crippen LogP contribution in [0, 0.1) is 0 Å². The molecule has 0 aromatic carbocycles. The number of guanidine groups is 1. The molecule has 3 heterocycles.